The minimum Gasteiger partial charge on any atom is -0.372 e. The zero-order valence-electron chi connectivity index (χ0n) is 10.5. The lowest BCUT2D eigenvalue weighted by molar-refractivity contribution is -0.0278. The van der Waals surface area contributed by atoms with E-state index in [1.165, 1.54) is 0 Å². The molecule has 2 aromatic rings. The minimum atomic E-state index is -0.186. The summed E-state index contributed by atoms with van der Waals surface area (Å²) in [5, 5.41) is 7.71. The second-order valence-electron chi connectivity index (χ2n) is 5.07. The van der Waals surface area contributed by atoms with Gasteiger partial charge in [0, 0.05) is 13.1 Å². The van der Waals surface area contributed by atoms with Gasteiger partial charge in [-0.15, -0.1) is 0 Å². The van der Waals surface area contributed by atoms with E-state index in [9.17, 15) is 0 Å². The molecule has 1 aliphatic rings. The smallest absolute Gasteiger partial charge is 0.224 e. The number of morpholine rings is 1. The number of ether oxygens (including phenoxy) is 1. The maximum atomic E-state index is 5.73. The molecule has 2 aromatic heterocycles. The third kappa shape index (κ3) is 1.86. The van der Waals surface area contributed by atoms with E-state index >= 15 is 0 Å². The Hall–Kier alpha value is -1.89. The van der Waals surface area contributed by atoms with Gasteiger partial charge in [-0.1, -0.05) is 0 Å². The summed E-state index contributed by atoms with van der Waals surface area (Å²) in [6, 6.07) is 0. The number of H-pyrrole nitrogens is 1. The highest BCUT2D eigenvalue weighted by Crippen LogP contribution is 2.27. The van der Waals surface area contributed by atoms with Crippen LogP contribution < -0.4 is 10.6 Å². The molecule has 0 spiro atoms. The van der Waals surface area contributed by atoms with Crippen molar-refractivity contribution in [2.45, 2.75) is 19.4 Å². The van der Waals surface area contributed by atoms with Gasteiger partial charge in [0.15, 0.2) is 5.65 Å². The van der Waals surface area contributed by atoms with Crippen LogP contribution in [0.3, 0.4) is 0 Å². The van der Waals surface area contributed by atoms with E-state index in [4.69, 9.17) is 10.5 Å². The van der Waals surface area contributed by atoms with Crippen LogP contribution >= 0.6 is 0 Å². The number of nitrogens with two attached hydrogens (primary N) is 1. The maximum Gasteiger partial charge on any atom is 0.224 e. The molecule has 7 nitrogen and oxygen atoms in total. The van der Waals surface area contributed by atoms with Gasteiger partial charge in [0.05, 0.1) is 23.8 Å². The molecule has 0 radical (unpaired) electrons. The van der Waals surface area contributed by atoms with Crippen molar-refractivity contribution in [2.75, 3.05) is 30.3 Å². The average Bonchev–Trinajstić information content (AvgIpc) is 2.74. The van der Waals surface area contributed by atoms with Crippen molar-refractivity contribution in [3.63, 3.8) is 0 Å². The van der Waals surface area contributed by atoms with Crippen LogP contribution in [-0.2, 0) is 4.74 Å². The number of hydrogen-bond donors (Lipinski definition) is 2. The van der Waals surface area contributed by atoms with Gasteiger partial charge in [0.25, 0.3) is 0 Å². The van der Waals surface area contributed by atoms with Gasteiger partial charge in [-0.25, -0.2) is 0 Å². The first-order valence-electron chi connectivity index (χ1n) is 5.91. The van der Waals surface area contributed by atoms with Gasteiger partial charge >= 0.3 is 0 Å². The lowest BCUT2D eigenvalue weighted by Crippen LogP contribution is -2.48. The van der Waals surface area contributed by atoms with Crippen molar-refractivity contribution in [1.82, 2.24) is 20.2 Å². The first-order valence-corrected chi connectivity index (χ1v) is 5.91. The summed E-state index contributed by atoms with van der Waals surface area (Å²) in [6.07, 6.45) is 1.73. The molecule has 96 valence electrons. The Morgan fingerprint density at radius 3 is 3.06 bits per heavy atom. The summed E-state index contributed by atoms with van der Waals surface area (Å²) >= 11 is 0. The fraction of sp³-hybridized carbons (Fsp3) is 0.545. The predicted octanol–water partition coefficient (Wildman–Crippen LogP) is 0.550. The maximum absolute atomic E-state index is 5.73. The summed E-state index contributed by atoms with van der Waals surface area (Å²) in [5.41, 5.74) is 6.21. The third-order valence-electron chi connectivity index (χ3n) is 3.03. The van der Waals surface area contributed by atoms with Crippen molar-refractivity contribution in [3.8, 4) is 0 Å². The largest absolute Gasteiger partial charge is 0.372 e. The van der Waals surface area contributed by atoms with E-state index in [0.717, 1.165) is 24.3 Å². The Kier molecular flexibility index (Phi) is 2.37. The molecule has 0 bridgehead atoms. The molecule has 3 N–H and O–H groups in total. The second-order valence-corrected chi connectivity index (χ2v) is 5.07. The number of aromatic amines is 1. The number of fused-ring (bicyclic) bond motifs is 1. The lowest BCUT2D eigenvalue weighted by Gasteiger charge is -2.38. The fourth-order valence-electron chi connectivity index (χ4n) is 2.27. The van der Waals surface area contributed by atoms with E-state index in [1.54, 1.807) is 6.20 Å². The van der Waals surface area contributed by atoms with Crippen molar-refractivity contribution in [3.05, 3.63) is 6.20 Å². The van der Waals surface area contributed by atoms with Crippen LogP contribution in [-0.4, -0.2) is 45.5 Å². The zero-order chi connectivity index (χ0) is 12.8. The Bertz CT molecular complexity index is 578. The minimum absolute atomic E-state index is 0.186. The first-order chi connectivity index (χ1) is 8.55. The van der Waals surface area contributed by atoms with Crippen molar-refractivity contribution < 1.29 is 4.74 Å². The van der Waals surface area contributed by atoms with Gasteiger partial charge in [-0.3, -0.25) is 5.10 Å². The third-order valence-corrected chi connectivity index (χ3v) is 3.03. The molecular weight excluding hydrogens is 232 g/mol. The van der Waals surface area contributed by atoms with Crippen LogP contribution in [0.15, 0.2) is 6.20 Å². The number of nitrogen functional groups attached to an aromatic ring is 1. The highest BCUT2D eigenvalue weighted by atomic mass is 16.5. The predicted molar refractivity (Wildman–Crippen MR) is 68.3 cm³/mol. The van der Waals surface area contributed by atoms with Crippen molar-refractivity contribution in [2.24, 2.45) is 0 Å². The molecule has 0 saturated carbocycles. The monoisotopic (exact) mass is 248 g/mol. The van der Waals surface area contributed by atoms with Crippen LogP contribution in [0.25, 0.3) is 11.0 Å². The molecule has 1 saturated heterocycles. The standard InChI is InChI=1S/C11H16N6O/c1-11(2)6-17(3-4-18-11)9-7-5-13-16-8(7)14-10(12)15-9/h5H,3-4,6H2,1-2H3,(H3,12,13,14,15,16). The van der Waals surface area contributed by atoms with E-state index in [0.29, 0.717) is 12.3 Å². The lowest BCUT2D eigenvalue weighted by atomic mass is 10.1. The summed E-state index contributed by atoms with van der Waals surface area (Å²) in [4.78, 5) is 10.6. The molecule has 3 heterocycles. The number of anilines is 2. The van der Waals surface area contributed by atoms with Crippen molar-refractivity contribution in [1.29, 1.82) is 0 Å². The number of nitrogens with zero attached hydrogens (tertiary/aromatic N) is 4. The number of hydrogen-bond acceptors (Lipinski definition) is 6. The second kappa shape index (κ2) is 3.81. The highest BCUT2D eigenvalue weighted by molar-refractivity contribution is 5.87. The molecule has 0 atom stereocenters. The number of aromatic nitrogens is 4. The number of nitrogens with one attached hydrogen (secondary N) is 1. The molecular formula is C11H16N6O. The van der Waals surface area contributed by atoms with Gasteiger partial charge in [0.1, 0.15) is 5.82 Å². The van der Waals surface area contributed by atoms with E-state index in [-0.39, 0.29) is 11.5 Å². The molecule has 7 heteroatoms. The molecule has 18 heavy (non-hydrogen) atoms. The summed E-state index contributed by atoms with van der Waals surface area (Å²) in [6.45, 7) is 6.37. The summed E-state index contributed by atoms with van der Waals surface area (Å²) < 4.78 is 5.70. The molecule has 0 aliphatic carbocycles. The highest BCUT2D eigenvalue weighted by Gasteiger charge is 2.29. The van der Waals surface area contributed by atoms with Gasteiger partial charge in [0.2, 0.25) is 5.95 Å². The van der Waals surface area contributed by atoms with E-state index < -0.39 is 0 Å². The zero-order valence-corrected chi connectivity index (χ0v) is 10.5. The van der Waals surface area contributed by atoms with Crippen LogP contribution in [0, 0.1) is 0 Å². The quantitative estimate of drug-likeness (QED) is 0.765. The molecule has 0 amide bonds. The summed E-state index contributed by atoms with van der Waals surface area (Å²) in [5.74, 6) is 1.08. The molecule has 0 aromatic carbocycles. The van der Waals surface area contributed by atoms with E-state index in [2.05, 4.69) is 38.9 Å². The van der Waals surface area contributed by atoms with Crippen LogP contribution in [0.4, 0.5) is 11.8 Å². The van der Waals surface area contributed by atoms with Gasteiger partial charge < -0.3 is 15.4 Å². The van der Waals surface area contributed by atoms with E-state index in [1.807, 2.05) is 0 Å². The topological polar surface area (TPSA) is 93.0 Å². The molecule has 3 rings (SSSR count). The SMILES string of the molecule is CC1(C)CN(c2nc(N)nc3[nH]ncc23)CCO1. The molecule has 1 aliphatic heterocycles. The Balaban J connectivity index is 2.05. The normalized spacial score (nSPS) is 19.3. The number of rotatable bonds is 1. The summed E-state index contributed by atoms with van der Waals surface area (Å²) in [7, 11) is 0. The van der Waals surface area contributed by atoms with Gasteiger partial charge in [-0.05, 0) is 13.8 Å². The Morgan fingerprint density at radius 2 is 2.28 bits per heavy atom. The van der Waals surface area contributed by atoms with Gasteiger partial charge in [-0.2, -0.15) is 15.1 Å². The Morgan fingerprint density at radius 1 is 1.44 bits per heavy atom. The molecule has 0 unspecified atom stereocenters. The fourth-order valence-corrected chi connectivity index (χ4v) is 2.27. The Labute approximate surface area is 104 Å². The van der Waals surface area contributed by atoms with Crippen LogP contribution in [0.1, 0.15) is 13.8 Å². The van der Waals surface area contributed by atoms with Crippen LogP contribution in [0.5, 0.6) is 0 Å². The van der Waals surface area contributed by atoms with Crippen LogP contribution in [0.2, 0.25) is 0 Å². The molecule has 1 fully saturated rings. The average molecular weight is 248 g/mol. The first kappa shape index (κ1) is 11.2. The van der Waals surface area contributed by atoms with Crippen molar-refractivity contribution >= 4 is 22.8 Å².